The van der Waals surface area contributed by atoms with E-state index in [-0.39, 0.29) is 25.7 Å². The molecule has 0 bridgehead atoms. The van der Waals surface area contributed by atoms with E-state index in [9.17, 15) is 43.2 Å². The summed E-state index contributed by atoms with van der Waals surface area (Å²) in [6.45, 7) is 9.50. The van der Waals surface area contributed by atoms with Gasteiger partial charge in [0.2, 0.25) is 0 Å². The van der Waals surface area contributed by atoms with Crippen molar-refractivity contribution in [3.8, 4) is 0 Å². The van der Waals surface area contributed by atoms with Gasteiger partial charge in [-0.3, -0.25) is 37.3 Å². The van der Waals surface area contributed by atoms with Gasteiger partial charge in [-0.05, 0) is 37.5 Å². The molecule has 0 fully saturated rings. The topological polar surface area (TPSA) is 237 Å². The molecule has 0 aromatic heterocycles. The monoisotopic (exact) mass is 1300 g/mol. The van der Waals surface area contributed by atoms with Crippen molar-refractivity contribution in [3.63, 3.8) is 0 Å². The van der Waals surface area contributed by atoms with Crippen molar-refractivity contribution in [2.45, 2.75) is 368 Å². The quantitative estimate of drug-likeness (QED) is 0.0222. The van der Waals surface area contributed by atoms with Gasteiger partial charge < -0.3 is 33.8 Å². The van der Waals surface area contributed by atoms with E-state index in [0.717, 1.165) is 115 Å². The maximum atomic E-state index is 13.0. The first-order chi connectivity index (χ1) is 42.4. The molecule has 0 aliphatic rings. The summed E-state index contributed by atoms with van der Waals surface area (Å²) >= 11 is 0. The van der Waals surface area contributed by atoms with E-state index in [4.69, 9.17) is 37.0 Å². The molecule has 0 aliphatic heterocycles. The van der Waals surface area contributed by atoms with Gasteiger partial charge in [0.1, 0.15) is 19.3 Å². The predicted octanol–water partition coefficient (Wildman–Crippen LogP) is 19.6. The van der Waals surface area contributed by atoms with Crippen LogP contribution in [0.3, 0.4) is 0 Å². The second kappa shape index (κ2) is 61.3. The minimum absolute atomic E-state index is 0.103. The number of hydrogen-bond donors (Lipinski definition) is 3. The minimum atomic E-state index is -4.95. The third kappa shape index (κ3) is 60.3. The van der Waals surface area contributed by atoms with Crippen LogP contribution < -0.4 is 0 Å². The lowest BCUT2D eigenvalue weighted by Crippen LogP contribution is -2.30. The Kier molecular flexibility index (Phi) is 59.9. The molecule has 0 saturated carbocycles. The number of rotatable bonds is 68. The highest BCUT2D eigenvalue weighted by atomic mass is 31.2. The molecular weight excluding hydrogens is 1160 g/mol. The predicted molar refractivity (Wildman–Crippen MR) is 354 cm³/mol. The average molecular weight is 1300 g/mol. The number of phosphoric ester groups is 2. The van der Waals surface area contributed by atoms with Crippen molar-refractivity contribution in [2.75, 3.05) is 39.6 Å². The highest BCUT2D eigenvalue weighted by molar-refractivity contribution is 7.47. The lowest BCUT2D eigenvalue weighted by Gasteiger charge is -2.21. The van der Waals surface area contributed by atoms with Crippen molar-refractivity contribution in [2.24, 2.45) is 11.8 Å². The number of esters is 4. The molecule has 0 aromatic carbocycles. The lowest BCUT2D eigenvalue weighted by molar-refractivity contribution is -0.161. The van der Waals surface area contributed by atoms with Crippen molar-refractivity contribution in [1.29, 1.82) is 0 Å². The molecule has 88 heavy (non-hydrogen) atoms. The van der Waals surface area contributed by atoms with Gasteiger partial charge >= 0.3 is 39.5 Å². The van der Waals surface area contributed by atoms with Crippen LogP contribution in [0.5, 0.6) is 0 Å². The molecule has 0 rings (SSSR count). The van der Waals surface area contributed by atoms with Crippen LogP contribution in [0.2, 0.25) is 0 Å². The smallest absolute Gasteiger partial charge is 0.462 e. The van der Waals surface area contributed by atoms with Gasteiger partial charge in [0, 0.05) is 25.7 Å². The highest BCUT2D eigenvalue weighted by Gasteiger charge is 2.30. The fraction of sp³-hybridized carbons (Fsp3) is 0.942. The van der Waals surface area contributed by atoms with E-state index < -0.39 is 97.5 Å². The first-order valence-corrected chi connectivity index (χ1v) is 39.1. The van der Waals surface area contributed by atoms with Gasteiger partial charge in [0.05, 0.1) is 26.4 Å². The summed E-state index contributed by atoms with van der Waals surface area (Å²) < 4.78 is 68.1. The standard InChI is InChI=1S/C69H134O17P2/c1-7-11-13-15-17-18-19-22-26-29-33-40-46-52-67(72)80-58-64(85-68(73)53-47-41-34-30-27-24-21-20-23-25-28-32-37-43-49-61(5)9-3)59-83-87(75,76)81-55-63(70)56-82-88(77,78)84-60-65(57-79-66(71)51-45-39-31-16-14-12-8-2)86-69(74)54-48-42-36-35-38-44-50-62(6)10-4/h61-65,70H,7-60H2,1-6H3,(H,75,76)(H,77,78)/t61?,62?,63-,64-,65-/m1/s1. The summed E-state index contributed by atoms with van der Waals surface area (Å²) in [6.07, 6.45) is 45.9. The molecule has 0 radical (unpaired) electrons. The molecule has 0 aliphatic carbocycles. The molecule has 19 heteroatoms. The summed E-state index contributed by atoms with van der Waals surface area (Å²) in [7, 11) is -9.89. The SMILES string of the molecule is CCCCCCCCCCCCCCCC(=O)OC[C@H](COP(=O)(O)OC[C@@H](O)COP(=O)(O)OC[C@@H](COC(=O)CCCCCCCCC)OC(=O)CCCCCCCCC(C)CC)OC(=O)CCCCCCCCCCCCCCCCC(C)CC. The third-order valence-electron chi connectivity index (χ3n) is 16.7. The van der Waals surface area contributed by atoms with E-state index in [1.54, 1.807) is 0 Å². The maximum Gasteiger partial charge on any atom is 0.472 e. The maximum absolute atomic E-state index is 13.0. The molecule has 17 nitrogen and oxygen atoms in total. The zero-order chi connectivity index (χ0) is 65.0. The van der Waals surface area contributed by atoms with Crippen LogP contribution in [0.25, 0.3) is 0 Å². The van der Waals surface area contributed by atoms with Crippen LogP contribution in [-0.2, 0) is 65.4 Å². The largest absolute Gasteiger partial charge is 0.472 e. The third-order valence-corrected chi connectivity index (χ3v) is 18.6. The highest BCUT2D eigenvalue weighted by Crippen LogP contribution is 2.45. The molecule has 3 N–H and O–H groups in total. The Balaban J connectivity index is 5.20. The zero-order valence-electron chi connectivity index (χ0n) is 57.0. The van der Waals surface area contributed by atoms with Crippen LogP contribution in [0.1, 0.15) is 350 Å². The average Bonchev–Trinajstić information content (AvgIpc) is 3.68. The van der Waals surface area contributed by atoms with Gasteiger partial charge in [-0.15, -0.1) is 0 Å². The summed E-state index contributed by atoms with van der Waals surface area (Å²) in [5.41, 5.74) is 0. The van der Waals surface area contributed by atoms with Gasteiger partial charge in [0.25, 0.3) is 0 Å². The van der Waals surface area contributed by atoms with E-state index in [1.165, 1.54) is 154 Å². The fourth-order valence-electron chi connectivity index (χ4n) is 10.4. The van der Waals surface area contributed by atoms with Crippen molar-refractivity contribution >= 4 is 39.5 Å². The number of aliphatic hydroxyl groups is 1. The zero-order valence-corrected chi connectivity index (χ0v) is 58.8. The summed E-state index contributed by atoms with van der Waals surface area (Å²) in [5.74, 6) is -0.565. The number of ether oxygens (including phenoxy) is 4. The number of unbranched alkanes of at least 4 members (excludes halogenated alkanes) is 36. The Bertz CT molecular complexity index is 1720. The van der Waals surface area contributed by atoms with E-state index in [2.05, 4.69) is 41.5 Å². The normalized spacial score (nSPS) is 14.8. The Hall–Kier alpha value is -1.94. The molecule has 0 spiro atoms. The number of carbonyl (C=O) groups excluding carboxylic acids is 4. The fourth-order valence-corrected chi connectivity index (χ4v) is 11.9. The molecule has 0 amide bonds. The first-order valence-electron chi connectivity index (χ1n) is 36.1. The van der Waals surface area contributed by atoms with E-state index in [0.29, 0.717) is 25.7 Å². The Morgan fingerprint density at radius 3 is 0.807 bits per heavy atom. The second-order valence-electron chi connectivity index (χ2n) is 25.4. The van der Waals surface area contributed by atoms with Crippen LogP contribution >= 0.6 is 15.6 Å². The van der Waals surface area contributed by atoms with Crippen LogP contribution in [0, 0.1) is 11.8 Å². The number of phosphoric acid groups is 2. The first kappa shape index (κ1) is 86.1. The second-order valence-corrected chi connectivity index (χ2v) is 28.3. The van der Waals surface area contributed by atoms with Crippen molar-refractivity contribution in [3.05, 3.63) is 0 Å². The molecule has 0 aromatic rings. The van der Waals surface area contributed by atoms with Crippen LogP contribution in [-0.4, -0.2) is 96.7 Å². The van der Waals surface area contributed by atoms with Gasteiger partial charge in [-0.25, -0.2) is 9.13 Å². The summed E-state index contributed by atoms with van der Waals surface area (Å²) in [5, 5.41) is 10.6. The molecule has 4 unspecified atom stereocenters. The van der Waals surface area contributed by atoms with Crippen molar-refractivity contribution < 1.29 is 80.2 Å². The Labute approximate surface area is 537 Å². The van der Waals surface area contributed by atoms with Gasteiger partial charge in [0.15, 0.2) is 12.2 Å². The summed E-state index contributed by atoms with van der Waals surface area (Å²) in [6, 6.07) is 0. The van der Waals surface area contributed by atoms with E-state index in [1.807, 2.05) is 0 Å². The number of carbonyl (C=O) groups is 4. The number of hydrogen-bond acceptors (Lipinski definition) is 15. The van der Waals surface area contributed by atoms with Gasteiger partial charge in [-0.2, -0.15) is 0 Å². The molecule has 7 atom stereocenters. The molecule has 0 saturated heterocycles. The minimum Gasteiger partial charge on any atom is -0.462 e. The summed E-state index contributed by atoms with van der Waals surface area (Å²) in [4.78, 5) is 72.3. The molecular formula is C69H134O17P2. The van der Waals surface area contributed by atoms with Crippen LogP contribution in [0.15, 0.2) is 0 Å². The lowest BCUT2D eigenvalue weighted by atomic mass is 9.99. The van der Waals surface area contributed by atoms with Gasteiger partial charge in [-0.1, -0.05) is 298 Å². The molecule has 522 valence electrons. The van der Waals surface area contributed by atoms with E-state index >= 15 is 0 Å². The Morgan fingerprint density at radius 2 is 0.545 bits per heavy atom. The molecule has 0 heterocycles. The number of aliphatic hydroxyl groups excluding tert-OH is 1. The Morgan fingerprint density at radius 1 is 0.318 bits per heavy atom. The van der Waals surface area contributed by atoms with Crippen LogP contribution in [0.4, 0.5) is 0 Å². The van der Waals surface area contributed by atoms with Crippen molar-refractivity contribution in [1.82, 2.24) is 0 Å².